The molecule has 108 valence electrons. The normalized spacial score (nSPS) is 16.8. The second-order valence-electron chi connectivity index (χ2n) is 5.00. The monoisotopic (exact) mass is 296 g/mol. The first-order valence-electron chi connectivity index (χ1n) is 6.44. The SMILES string of the molecule is COC(=O)c1ccc(NC(=O)C2(N)CCCC2)cc1Cl. The molecule has 6 heteroatoms. The number of hydrogen-bond donors (Lipinski definition) is 2. The Balaban J connectivity index is 2.12. The van der Waals surface area contributed by atoms with Gasteiger partial charge < -0.3 is 15.8 Å². The molecule has 0 heterocycles. The van der Waals surface area contributed by atoms with Crippen molar-refractivity contribution in [3.8, 4) is 0 Å². The van der Waals surface area contributed by atoms with Gasteiger partial charge in [0.1, 0.15) is 0 Å². The number of rotatable bonds is 3. The van der Waals surface area contributed by atoms with Crippen molar-refractivity contribution in [2.75, 3.05) is 12.4 Å². The van der Waals surface area contributed by atoms with Crippen LogP contribution in [0.2, 0.25) is 5.02 Å². The van der Waals surface area contributed by atoms with E-state index >= 15 is 0 Å². The fourth-order valence-electron chi connectivity index (χ4n) is 2.36. The molecule has 5 nitrogen and oxygen atoms in total. The fourth-order valence-corrected chi connectivity index (χ4v) is 2.61. The third-order valence-electron chi connectivity index (χ3n) is 3.58. The highest BCUT2D eigenvalue weighted by atomic mass is 35.5. The highest BCUT2D eigenvalue weighted by Gasteiger charge is 2.37. The third-order valence-corrected chi connectivity index (χ3v) is 3.89. The second kappa shape index (κ2) is 5.81. The van der Waals surface area contributed by atoms with Crippen LogP contribution in [0.5, 0.6) is 0 Å². The lowest BCUT2D eigenvalue weighted by atomic mass is 9.98. The van der Waals surface area contributed by atoms with E-state index in [4.69, 9.17) is 17.3 Å². The van der Waals surface area contributed by atoms with Gasteiger partial charge in [-0.15, -0.1) is 0 Å². The summed E-state index contributed by atoms with van der Waals surface area (Å²) in [6, 6.07) is 4.64. The minimum absolute atomic E-state index is 0.211. The number of carbonyl (C=O) groups excluding carboxylic acids is 2. The molecule has 1 aromatic carbocycles. The number of anilines is 1. The van der Waals surface area contributed by atoms with E-state index in [1.165, 1.54) is 19.2 Å². The van der Waals surface area contributed by atoms with Gasteiger partial charge >= 0.3 is 5.97 Å². The van der Waals surface area contributed by atoms with Gasteiger partial charge in [-0.25, -0.2) is 4.79 Å². The standard InChI is InChI=1S/C14H17ClN2O3/c1-20-12(18)10-5-4-9(8-11(10)15)17-13(19)14(16)6-2-3-7-14/h4-5,8H,2-3,6-7,16H2,1H3,(H,17,19). The Morgan fingerprint density at radius 2 is 2.00 bits per heavy atom. The van der Waals surface area contributed by atoms with Crippen LogP contribution in [-0.4, -0.2) is 24.5 Å². The van der Waals surface area contributed by atoms with E-state index in [0.717, 1.165) is 12.8 Å². The number of amides is 1. The zero-order valence-corrected chi connectivity index (χ0v) is 12.0. The summed E-state index contributed by atoms with van der Waals surface area (Å²) in [6.07, 6.45) is 3.30. The number of ether oxygens (including phenoxy) is 1. The number of methoxy groups -OCH3 is 1. The Labute approximate surface area is 122 Å². The first-order valence-corrected chi connectivity index (χ1v) is 6.82. The molecule has 0 aliphatic heterocycles. The number of carbonyl (C=O) groups is 2. The largest absolute Gasteiger partial charge is 0.465 e. The lowest BCUT2D eigenvalue weighted by Crippen LogP contribution is -2.48. The minimum Gasteiger partial charge on any atom is -0.465 e. The molecule has 1 aliphatic rings. The Bertz CT molecular complexity index is 539. The molecule has 1 amide bonds. The fraction of sp³-hybridized carbons (Fsp3) is 0.429. The van der Waals surface area contributed by atoms with Crippen LogP contribution in [0.1, 0.15) is 36.0 Å². The maximum absolute atomic E-state index is 12.2. The second-order valence-corrected chi connectivity index (χ2v) is 5.41. The maximum atomic E-state index is 12.2. The summed E-state index contributed by atoms with van der Waals surface area (Å²) in [7, 11) is 1.28. The van der Waals surface area contributed by atoms with Crippen LogP contribution < -0.4 is 11.1 Å². The van der Waals surface area contributed by atoms with E-state index in [1.54, 1.807) is 6.07 Å². The van der Waals surface area contributed by atoms with Crippen LogP contribution in [-0.2, 0) is 9.53 Å². The van der Waals surface area contributed by atoms with Gasteiger partial charge in [-0.1, -0.05) is 24.4 Å². The van der Waals surface area contributed by atoms with Crippen molar-refractivity contribution in [3.05, 3.63) is 28.8 Å². The Morgan fingerprint density at radius 3 is 2.55 bits per heavy atom. The van der Waals surface area contributed by atoms with E-state index in [0.29, 0.717) is 18.5 Å². The molecule has 2 rings (SSSR count). The predicted octanol–water partition coefficient (Wildman–Crippen LogP) is 2.34. The van der Waals surface area contributed by atoms with Crippen LogP contribution in [0.15, 0.2) is 18.2 Å². The average Bonchev–Trinajstić information content (AvgIpc) is 2.86. The number of esters is 1. The van der Waals surface area contributed by atoms with Crippen molar-refractivity contribution in [3.63, 3.8) is 0 Å². The summed E-state index contributed by atoms with van der Waals surface area (Å²) in [5, 5.41) is 2.98. The number of halogens is 1. The van der Waals surface area contributed by atoms with Crippen LogP contribution in [0.4, 0.5) is 5.69 Å². The highest BCUT2D eigenvalue weighted by molar-refractivity contribution is 6.34. The summed E-state index contributed by atoms with van der Waals surface area (Å²) in [5.74, 6) is -0.726. The maximum Gasteiger partial charge on any atom is 0.339 e. The number of benzene rings is 1. The molecule has 0 atom stereocenters. The van der Waals surface area contributed by atoms with Crippen LogP contribution in [0, 0.1) is 0 Å². The van der Waals surface area contributed by atoms with Crippen LogP contribution in [0.25, 0.3) is 0 Å². The van der Waals surface area contributed by atoms with Gasteiger partial charge in [0.15, 0.2) is 0 Å². The van der Waals surface area contributed by atoms with Gasteiger partial charge in [-0.05, 0) is 31.0 Å². The van der Waals surface area contributed by atoms with E-state index in [1.807, 2.05) is 0 Å². The van der Waals surface area contributed by atoms with Crippen molar-refractivity contribution >= 4 is 29.2 Å². The molecule has 0 spiro atoms. The third kappa shape index (κ3) is 2.94. The minimum atomic E-state index is -0.798. The molecule has 3 N–H and O–H groups in total. The van der Waals surface area contributed by atoms with Crippen molar-refractivity contribution in [1.29, 1.82) is 0 Å². The summed E-state index contributed by atoms with van der Waals surface area (Å²) >= 11 is 6.00. The molecule has 0 unspecified atom stereocenters. The summed E-state index contributed by atoms with van der Waals surface area (Å²) in [5.41, 5.74) is 6.05. The molecule has 1 aromatic rings. The number of nitrogens with two attached hydrogens (primary N) is 1. The smallest absolute Gasteiger partial charge is 0.339 e. The first-order chi connectivity index (χ1) is 9.46. The van der Waals surface area contributed by atoms with Crippen LogP contribution in [0.3, 0.4) is 0 Å². The van der Waals surface area contributed by atoms with Crippen molar-refractivity contribution in [1.82, 2.24) is 0 Å². The molecular weight excluding hydrogens is 280 g/mol. The van der Waals surface area contributed by atoms with Gasteiger partial charge in [0.25, 0.3) is 0 Å². The van der Waals surface area contributed by atoms with Gasteiger partial charge in [0.2, 0.25) is 5.91 Å². The molecule has 0 radical (unpaired) electrons. The molecule has 1 aliphatic carbocycles. The first kappa shape index (κ1) is 14.8. The molecule has 1 saturated carbocycles. The van der Waals surface area contributed by atoms with Crippen LogP contribution >= 0.6 is 11.6 Å². The Hall–Kier alpha value is -1.59. The zero-order chi connectivity index (χ0) is 14.8. The van der Waals surface area contributed by atoms with Gasteiger partial charge in [0.05, 0.1) is 23.2 Å². The lowest BCUT2D eigenvalue weighted by molar-refractivity contribution is -0.121. The van der Waals surface area contributed by atoms with Crippen molar-refractivity contribution in [2.24, 2.45) is 5.73 Å². The van der Waals surface area contributed by atoms with E-state index < -0.39 is 11.5 Å². The highest BCUT2D eigenvalue weighted by Crippen LogP contribution is 2.29. The van der Waals surface area contributed by atoms with E-state index in [-0.39, 0.29) is 16.5 Å². The molecule has 0 saturated heterocycles. The van der Waals surface area contributed by atoms with Gasteiger partial charge in [-0.2, -0.15) is 0 Å². The number of hydrogen-bond acceptors (Lipinski definition) is 4. The number of nitrogens with one attached hydrogen (secondary N) is 1. The molecule has 20 heavy (non-hydrogen) atoms. The van der Waals surface area contributed by atoms with E-state index in [2.05, 4.69) is 10.1 Å². The molecule has 0 aromatic heterocycles. The van der Waals surface area contributed by atoms with E-state index in [9.17, 15) is 9.59 Å². The average molecular weight is 297 g/mol. The Morgan fingerprint density at radius 1 is 1.35 bits per heavy atom. The van der Waals surface area contributed by atoms with Crippen molar-refractivity contribution < 1.29 is 14.3 Å². The van der Waals surface area contributed by atoms with Gasteiger partial charge in [0, 0.05) is 5.69 Å². The Kier molecular flexibility index (Phi) is 4.30. The topological polar surface area (TPSA) is 81.4 Å². The quantitative estimate of drug-likeness (QED) is 0.839. The van der Waals surface area contributed by atoms with Crippen molar-refractivity contribution in [2.45, 2.75) is 31.2 Å². The predicted molar refractivity (Wildman–Crippen MR) is 76.8 cm³/mol. The lowest BCUT2D eigenvalue weighted by Gasteiger charge is -2.22. The summed E-state index contributed by atoms with van der Waals surface area (Å²) < 4.78 is 4.60. The zero-order valence-electron chi connectivity index (χ0n) is 11.2. The molecule has 1 fully saturated rings. The summed E-state index contributed by atoms with van der Waals surface area (Å²) in [4.78, 5) is 23.6. The molecule has 0 bridgehead atoms. The summed E-state index contributed by atoms with van der Waals surface area (Å²) in [6.45, 7) is 0. The molecular formula is C14H17ClN2O3. The van der Waals surface area contributed by atoms with Gasteiger partial charge in [-0.3, -0.25) is 4.79 Å².